The summed E-state index contributed by atoms with van der Waals surface area (Å²) in [6, 6.07) is 8.39. The van der Waals surface area contributed by atoms with Crippen LogP contribution in [0.25, 0.3) is 6.08 Å². The summed E-state index contributed by atoms with van der Waals surface area (Å²) in [5.41, 5.74) is 2.50. The predicted octanol–water partition coefficient (Wildman–Crippen LogP) is 3.47. The standard InChI is InChI=1S/C14H13BrO/c15-13-12(16)6-3-8-14(13)9-7-10-4-1-2-5-11(10)14/h1-2,4-5,7,9,13H,3,6,8H2. The van der Waals surface area contributed by atoms with E-state index >= 15 is 0 Å². The maximum atomic E-state index is 11.9. The molecular formula is C14H13BrO. The number of carbonyl (C=O) groups excluding carboxylic acids is 1. The first-order valence-electron chi connectivity index (χ1n) is 5.69. The average molecular weight is 277 g/mol. The van der Waals surface area contributed by atoms with Crippen molar-refractivity contribution >= 4 is 27.8 Å². The molecule has 2 aliphatic rings. The van der Waals surface area contributed by atoms with Crippen molar-refractivity contribution in [3.05, 3.63) is 41.5 Å². The zero-order valence-corrected chi connectivity index (χ0v) is 10.5. The Morgan fingerprint density at radius 2 is 2.12 bits per heavy atom. The van der Waals surface area contributed by atoms with Gasteiger partial charge in [0.15, 0.2) is 0 Å². The second-order valence-electron chi connectivity index (χ2n) is 4.64. The summed E-state index contributed by atoms with van der Waals surface area (Å²) >= 11 is 3.61. The van der Waals surface area contributed by atoms with Gasteiger partial charge in [0.05, 0.1) is 4.83 Å². The van der Waals surface area contributed by atoms with Gasteiger partial charge in [0, 0.05) is 11.8 Å². The minimum Gasteiger partial charge on any atom is -0.298 e. The summed E-state index contributed by atoms with van der Waals surface area (Å²) in [6.45, 7) is 0. The van der Waals surface area contributed by atoms with Crippen LogP contribution in [0.3, 0.4) is 0 Å². The molecule has 0 N–H and O–H groups in total. The molecule has 0 saturated heterocycles. The highest BCUT2D eigenvalue weighted by Crippen LogP contribution is 2.48. The zero-order valence-electron chi connectivity index (χ0n) is 8.95. The number of fused-ring (bicyclic) bond motifs is 2. The lowest BCUT2D eigenvalue weighted by molar-refractivity contribution is -0.120. The Morgan fingerprint density at radius 1 is 1.31 bits per heavy atom. The van der Waals surface area contributed by atoms with Crippen molar-refractivity contribution in [2.75, 3.05) is 0 Å². The van der Waals surface area contributed by atoms with Crippen LogP contribution in [-0.2, 0) is 10.2 Å². The molecule has 0 aliphatic heterocycles. The van der Waals surface area contributed by atoms with Gasteiger partial charge in [0.1, 0.15) is 5.78 Å². The van der Waals surface area contributed by atoms with Crippen LogP contribution in [0.15, 0.2) is 30.3 Å². The fourth-order valence-electron chi connectivity index (χ4n) is 2.93. The van der Waals surface area contributed by atoms with Crippen molar-refractivity contribution in [2.45, 2.75) is 29.5 Å². The van der Waals surface area contributed by atoms with E-state index in [1.807, 2.05) is 0 Å². The van der Waals surface area contributed by atoms with Crippen LogP contribution in [0.1, 0.15) is 30.4 Å². The van der Waals surface area contributed by atoms with Gasteiger partial charge in [-0.2, -0.15) is 0 Å². The third-order valence-electron chi connectivity index (χ3n) is 3.77. The van der Waals surface area contributed by atoms with E-state index < -0.39 is 0 Å². The second-order valence-corrected chi connectivity index (χ2v) is 5.56. The van der Waals surface area contributed by atoms with Crippen LogP contribution in [0.2, 0.25) is 0 Å². The molecule has 0 heterocycles. The van der Waals surface area contributed by atoms with Crippen LogP contribution < -0.4 is 0 Å². The summed E-state index contributed by atoms with van der Waals surface area (Å²) in [7, 11) is 0. The quantitative estimate of drug-likeness (QED) is 0.664. The fourth-order valence-corrected chi connectivity index (χ4v) is 3.79. The van der Waals surface area contributed by atoms with Crippen molar-refractivity contribution < 1.29 is 4.79 Å². The molecular weight excluding hydrogens is 264 g/mol. The molecule has 1 spiro atoms. The topological polar surface area (TPSA) is 17.1 Å². The molecule has 0 amide bonds. The molecule has 2 unspecified atom stereocenters. The molecule has 2 aliphatic carbocycles. The first-order valence-corrected chi connectivity index (χ1v) is 6.61. The summed E-state index contributed by atoms with van der Waals surface area (Å²) in [5.74, 6) is 0.340. The number of hydrogen-bond donors (Lipinski definition) is 0. The summed E-state index contributed by atoms with van der Waals surface area (Å²) < 4.78 is 0. The molecule has 2 atom stereocenters. The third-order valence-corrected chi connectivity index (χ3v) is 5.10. The van der Waals surface area contributed by atoms with E-state index in [-0.39, 0.29) is 10.2 Å². The van der Waals surface area contributed by atoms with Gasteiger partial charge in [-0.3, -0.25) is 4.79 Å². The second kappa shape index (κ2) is 3.56. The number of rotatable bonds is 0. The molecule has 1 fully saturated rings. The number of benzene rings is 1. The largest absolute Gasteiger partial charge is 0.298 e. The Bertz CT molecular complexity index is 477. The van der Waals surface area contributed by atoms with E-state index in [0.717, 1.165) is 12.8 Å². The van der Waals surface area contributed by atoms with Gasteiger partial charge in [-0.05, 0) is 24.0 Å². The number of Topliss-reactive ketones (excluding diaryl/α,β-unsaturated/α-hetero) is 1. The van der Waals surface area contributed by atoms with E-state index in [2.05, 4.69) is 52.3 Å². The lowest BCUT2D eigenvalue weighted by Gasteiger charge is -2.37. The van der Waals surface area contributed by atoms with E-state index in [1.165, 1.54) is 11.1 Å². The molecule has 3 rings (SSSR count). The Labute approximate surface area is 104 Å². The van der Waals surface area contributed by atoms with Crippen molar-refractivity contribution in [1.82, 2.24) is 0 Å². The molecule has 2 heteroatoms. The molecule has 1 aromatic carbocycles. The number of ketones is 1. The van der Waals surface area contributed by atoms with Crippen LogP contribution in [0.5, 0.6) is 0 Å². The average Bonchev–Trinajstić information content (AvgIpc) is 2.67. The zero-order chi connectivity index (χ0) is 11.2. The predicted molar refractivity (Wildman–Crippen MR) is 68.7 cm³/mol. The normalized spacial score (nSPS) is 32.1. The highest BCUT2D eigenvalue weighted by Gasteiger charge is 2.46. The van der Waals surface area contributed by atoms with Gasteiger partial charge in [-0.15, -0.1) is 0 Å². The molecule has 82 valence electrons. The van der Waals surface area contributed by atoms with Crippen LogP contribution in [0, 0.1) is 0 Å². The Balaban J connectivity index is 2.14. The van der Waals surface area contributed by atoms with Gasteiger partial charge in [0.2, 0.25) is 0 Å². The minimum atomic E-state index is -0.0775. The summed E-state index contributed by atoms with van der Waals surface area (Å²) in [5, 5.41) is 0. The van der Waals surface area contributed by atoms with Crippen molar-refractivity contribution in [2.24, 2.45) is 0 Å². The highest BCUT2D eigenvalue weighted by atomic mass is 79.9. The molecule has 1 saturated carbocycles. The van der Waals surface area contributed by atoms with E-state index in [4.69, 9.17) is 0 Å². The maximum absolute atomic E-state index is 11.9. The van der Waals surface area contributed by atoms with Crippen molar-refractivity contribution in [3.8, 4) is 0 Å². The number of alkyl halides is 1. The first kappa shape index (κ1) is 10.3. The van der Waals surface area contributed by atoms with E-state index in [0.29, 0.717) is 12.2 Å². The lowest BCUT2D eigenvalue weighted by atomic mass is 9.70. The molecule has 1 aromatic rings. The summed E-state index contributed by atoms with van der Waals surface area (Å²) in [6.07, 6.45) is 7.16. The van der Waals surface area contributed by atoms with Gasteiger partial charge in [0.25, 0.3) is 0 Å². The number of allylic oxidation sites excluding steroid dienone is 1. The lowest BCUT2D eigenvalue weighted by Crippen LogP contribution is -2.41. The van der Waals surface area contributed by atoms with Gasteiger partial charge < -0.3 is 0 Å². The Morgan fingerprint density at radius 3 is 3.00 bits per heavy atom. The monoisotopic (exact) mass is 276 g/mol. The van der Waals surface area contributed by atoms with Gasteiger partial charge >= 0.3 is 0 Å². The summed E-state index contributed by atoms with van der Waals surface area (Å²) in [4.78, 5) is 11.8. The fraction of sp³-hybridized carbons (Fsp3) is 0.357. The van der Waals surface area contributed by atoms with E-state index in [9.17, 15) is 4.79 Å². The number of carbonyl (C=O) groups is 1. The molecule has 0 radical (unpaired) electrons. The molecule has 0 aromatic heterocycles. The SMILES string of the molecule is O=C1CCCC2(C=Cc3ccccc32)C1Br. The highest BCUT2D eigenvalue weighted by molar-refractivity contribution is 9.10. The molecule has 16 heavy (non-hydrogen) atoms. The minimum absolute atomic E-state index is 0.0475. The van der Waals surface area contributed by atoms with Gasteiger partial charge in [-0.1, -0.05) is 52.3 Å². The first-order chi connectivity index (χ1) is 7.74. The number of hydrogen-bond acceptors (Lipinski definition) is 1. The van der Waals surface area contributed by atoms with Crippen LogP contribution in [0.4, 0.5) is 0 Å². The van der Waals surface area contributed by atoms with Crippen molar-refractivity contribution in [3.63, 3.8) is 0 Å². The number of halogens is 1. The smallest absolute Gasteiger partial charge is 0.147 e. The van der Waals surface area contributed by atoms with Crippen LogP contribution >= 0.6 is 15.9 Å². The Kier molecular flexibility index (Phi) is 2.28. The maximum Gasteiger partial charge on any atom is 0.147 e. The van der Waals surface area contributed by atoms with Crippen molar-refractivity contribution in [1.29, 1.82) is 0 Å². The van der Waals surface area contributed by atoms with Crippen LogP contribution in [-0.4, -0.2) is 10.6 Å². The van der Waals surface area contributed by atoms with Gasteiger partial charge in [-0.25, -0.2) is 0 Å². The Hall–Kier alpha value is -0.890. The molecule has 0 bridgehead atoms. The molecule has 1 nitrogen and oxygen atoms in total. The third kappa shape index (κ3) is 1.26. The van der Waals surface area contributed by atoms with E-state index in [1.54, 1.807) is 0 Å².